The molecule has 6 nitrogen and oxygen atoms in total. The number of esters is 1. The summed E-state index contributed by atoms with van der Waals surface area (Å²) in [6, 6.07) is 7.68. The molecule has 0 aliphatic rings. The normalized spacial score (nSPS) is 11.0. The number of benzene rings is 1. The zero-order chi connectivity index (χ0) is 18.7. The van der Waals surface area contributed by atoms with E-state index in [1.165, 1.54) is 17.7 Å². The number of nitrogens with zero attached hydrogens (tertiary/aromatic N) is 2. The Morgan fingerprint density at radius 1 is 1.23 bits per heavy atom. The van der Waals surface area contributed by atoms with Gasteiger partial charge in [0.05, 0.1) is 18.1 Å². The Balaban J connectivity index is 1.91. The first kappa shape index (κ1) is 18.1. The van der Waals surface area contributed by atoms with Crippen molar-refractivity contribution in [2.24, 2.45) is 0 Å². The van der Waals surface area contributed by atoms with E-state index >= 15 is 0 Å². The van der Waals surface area contributed by atoms with Crippen molar-refractivity contribution in [3.63, 3.8) is 0 Å². The molecule has 136 valence electrons. The highest BCUT2D eigenvalue weighted by atomic mass is 32.1. The second-order valence-electron chi connectivity index (χ2n) is 6.00. The number of rotatable bonds is 6. The highest BCUT2D eigenvalue weighted by Crippen LogP contribution is 2.35. The zero-order valence-electron chi connectivity index (χ0n) is 15.2. The molecule has 0 unspecified atom stereocenters. The molecule has 0 bridgehead atoms. The molecule has 1 aromatic carbocycles. The summed E-state index contributed by atoms with van der Waals surface area (Å²) in [6.07, 6.45) is 1.62. The Morgan fingerprint density at radius 2 is 1.96 bits per heavy atom. The lowest BCUT2D eigenvalue weighted by molar-refractivity contribution is 0.0531. The van der Waals surface area contributed by atoms with Gasteiger partial charge in [-0.15, -0.1) is 11.3 Å². The summed E-state index contributed by atoms with van der Waals surface area (Å²) in [5, 5.41) is 4.14. The number of thiophene rings is 1. The molecule has 0 fully saturated rings. The third kappa shape index (κ3) is 3.77. The van der Waals surface area contributed by atoms with E-state index < -0.39 is 0 Å². The van der Waals surface area contributed by atoms with Gasteiger partial charge in [0.1, 0.15) is 27.6 Å². The number of hydrogen-bond acceptors (Lipinski definition) is 7. The molecule has 0 saturated heterocycles. The molecule has 26 heavy (non-hydrogen) atoms. The fourth-order valence-electron chi connectivity index (χ4n) is 2.58. The largest absolute Gasteiger partial charge is 0.491 e. The summed E-state index contributed by atoms with van der Waals surface area (Å²) < 4.78 is 10.8. The van der Waals surface area contributed by atoms with Gasteiger partial charge in [0.15, 0.2) is 0 Å². The lowest BCUT2D eigenvalue weighted by Gasteiger charge is -2.11. The van der Waals surface area contributed by atoms with E-state index in [4.69, 9.17) is 9.47 Å². The molecule has 0 spiro atoms. The highest BCUT2D eigenvalue weighted by molar-refractivity contribution is 7.20. The van der Waals surface area contributed by atoms with Gasteiger partial charge in [-0.2, -0.15) is 0 Å². The van der Waals surface area contributed by atoms with Crippen molar-refractivity contribution in [2.75, 3.05) is 11.9 Å². The standard InChI is InChI=1S/C19H21N3O3S/c1-5-24-19(23)16-12(4)15-17(20-10-21-18(15)26-16)22-13-6-8-14(9-7-13)25-11(2)3/h6-11H,5H2,1-4H3,(H,20,21,22). The van der Waals surface area contributed by atoms with Gasteiger partial charge in [-0.05, 0) is 57.5 Å². The van der Waals surface area contributed by atoms with Crippen LogP contribution in [0.5, 0.6) is 5.75 Å². The lowest BCUT2D eigenvalue weighted by atomic mass is 10.2. The average Bonchev–Trinajstić information content (AvgIpc) is 2.94. The molecule has 1 N–H and O–H groups in total. The first-order valence-electron chi connectivity index (χ1n) is 8.44. The number of aromatic nitrogens is 2. The smallest absolute Gasteiger partial charge is 0.348 e. The second kappa shape index (κ2) is 7.70. The minimum absolute atomic E-state index is 0.130. The van der Waals surface area contributed by atoms with E-state index in [0.717, 1.165) is 27.2 Å². The Labute approximate surface area is 156 Å². The molecule has 2 aromatic heterocycles. The van der Waals surface area contributed by atoms with Crippen LogP contribution in [0.3, 0.4) is 0 Å². The van der Waals surface area contributed by atoms with Crippen molar-refractivity contribution in [3.05, 3.63) is 41.0 Å². The molecule has 0 saturated carbocycles. The van der Waals surface area contributed by atoms with E-state index in [2.05, 4.69) is 15.3 Å². The quantitative estimate of drug-likeness (QED) is 0.633. The molecule has 7 heteroatoms. The molecule has 0 atom stereocenters. The van der Waals surface area contributed by atoms with Gasteiger partial charge in [-0.1, -0.05) is 0 Å². The maximum absolute atomic E-state index is 12.1. The third-order valence-electron chi connectivity index (χ3n) is 3.68. The van der Waals surface area contributed by atoms with Gasteiger partial charge in [0, 0.05) is 5.69 Å². The first-order valence-corrected chi connectivity index (χ1v) is 9.26. The van der Waals surface area contributed by atoms with E-state index in [1.54, 1.807) is 6.92 Å². The van der Waals surface area contributed by atoms with Gasteiger partial charge in [0.25, 0.3) is 0 Å². The maximum Gasteiger partial charge on any atom is 0.348 e. The summed E-state index contributed by atoms with van der Waals surface area (Å²) in [4.78, 5) is 22.1. The van der Waals surface area contributed by atoms with Crippen molar-refractivity contribution < 1.29 is 14.3 Å². The topological polar surface area (TPSA) is 73.3 Å². The number of fused-ring (bicyclic) bond motifs is 1. The Kier molecular flexibility index (Phi) is 5.37. The van der Waals surface area contributed by atoms with Gasteiger partial charge in [-0.25, -0.2) is 14.8 Å². The van der Waals surface area contributed by atoms with E-state index in [1.807, 2.05) is 45.0 Å². The number of ether oxygens (including phenoxy) is 2. The van der Waals surface area contributed by atoms with E-state index in [-0.39, 0.29) is 12.1 Å². The number of carbonyl (C=O) groups excluding carboxylic acids is 1. The molecular formula is C19H21N3O3S. The molecule has 0 aliphatic carbocycles. The van der Waals surface area contributed by atoms with Crippen LogP contribution in [-0.2, 0) is 4.74 Å². The number of aryl methyl sites for hydroxylation is 1. The molecule has 0 radical (unpaired) electrons. The first-order chi connectivity index (χ1) is 12.5. The zero-order valence-corrected chi connectivity index (χ0v) is 16.0. The van der Waals surface area contributed by atoms with Gasteiger partial charge in [0.2, 0.25) is 0 Å². The maximum atomic E-state index is 12.1. The molecule has 3 aromatic rings. The fourth-order valence-corrected chi connectivity index (χ4v) is 3.63. The van der Waals surface area contributed by atoms with Gasteiger partial charge in [-0.3, -0.25) is 0 Å². The van der Waals surface area contributed by atoms with Crippen molar-refractivity contribution >= 4 is 39.0 Å². The fraction of sp³-hybridized carbons (Fsp3) is 0.316. The lowest BCUT2D eigenvalue weighted by Crippen LogP contribution is -2.05. The molecule has 2 heterocycles. The Morgan fingerprint density at radius 3 is 2.62 bits per heavy atom. The van der Waals surface area contributed by atoms with Crippen LogP contribution in [0.15, 0.2) is 30.6 Å². The number of carbonyl (C=O) groups is 1. The minimum Gasteiger partial charge on any atom is -0.491 e. The van der Waals surface area contributed by atoms with Crippen molar-refractivity contribution in [3.8, 4) is 5.75 Å². The Bertz CT molecular complexity index is 920. The summed E-state index contributed by atoms with van der Waals surface area (Å²) in [7, 11) is 0. The summed E-state index contributed by atoms with van der Waals surface area (Å²) >= 11 is 1.32. The summed E-state index contributed by atoms with van der Waals surface area (Å²) in [5.41, 5.74) is 1.70. The van der Waals surface area contributed by atoms with Crippen LogP contribution >= 0.6 is 11.3 Å². The van der Waals surface area contributed by atoms with Crippen LogP contribution in [0.4, 0.5) is 11.5 Å². The van der Waals surface area contributed by atoms with Crippen LogP contribution in [0.2, 0.25) is 0 Å². The highest BCUT2D eigenvalue weighted by Gasteiger charge is 2.20. The van der Waals surface area contributed by atoms with Crippen molar-refractivity contribution in [1.82, 2.24) is 9.97 Å². The molecule has 0 aliphatic heterocycles. The average molecular weight is 371 g/mol. The number of nitrogens with one attached hydrogen (secondary N) is 1. The predicted molar refractivity (Wildman–Crippen MR) is 104 cm³/mol. The van der Waals surface area contributed by atoms with Crippen LogP contribution in [0.1, 0.15) is 36.0 Å². The van der Waals surface area contributed by atoms with Crippen LogP contribution in [0.25, 0.3) is 10.2 Å². The Hall–Kier alpha value is -2.67. The minimum atomic E-state index is -0.325. The SMILES string of the molecule is CCOC(=O)c1sc2ncnc(Nc3ccc(OC(C)C)cc3)c2c1C. The second-order valence-corrected chi connectivity index (χ2v) is 6.99. The number of anilines is 2. The van der Waals surface area contributed by atoms with Crippen LogP contribution < -0.4 is 10.1 Å². The summed E-state index contributed by atoms with van der Waals surface area (Å²) in [5.74, 6) is 1.15. The van der Waals surface area contributed by atoms with Crippen molar-refractivity contribution in [2.45, 2.75) is 33.8 Å². The third-order valence-corrected chi connectivity index (χ3v) is 4.86. The van der Waals surface area contributed by atoms with Crippen LogP contribution in [-0.4, -0.2) is 28.6 Å². The van der Waals surface area contributed by atoms with E-state index in [9.17, 15) is 4.79 Å². The molecule has 0 amide bonds. The van der Waals surface area contributed by atoms with Gasteiger partial charge >= 0.3 is 5.97 Å². The van der Waals surface area contributed by atoms with E-state index in [0.29, 0.717) is 17.3 Å². The predicted octanol–water partition coefficient (Wildman–Crippen LogP) is 4.71. The van der Waals surface area contributed by atoms with Gasteiger partial charge < -0.3 is 14.8 Å². The van der Waals surface area contributed by atoms with Crippen molar-refractivity contribution in [1.29, 1.82) is 0 Å². The van der Waals surface area contributed by atoms with Crippen LogP contribution in [0, 0.1) is 6.92 Å². The summed E-state index contributed by atoms with van der Waals surface area (Å²) in [6.45, 7) is 8.00. The molecular weight excluding hydrogens is 350 g/mol. The number of hydrogen-bond donors (Lipinski definition) is 1. The molecule has 3 rings (SSSR count). The monoisotopic (exact) mass is 371 g/mol.